The van der Waals surface area contributed by atoms with E-state index in [-0.39, 0.29) is 17.8 Å². The molecule has 0 unspecified atom stereocenters. The highest BCUT2D eigenvalue weighted by molar-refractivity contribution is 5.80. The van der Waals surface area contributed by atoms with E-state index in [9.17, 15) is 9.90 Å². The van der Waals surface area contributed by atoms with E-state index in [2.05, 4.69) is 6.58 Å². The number of hydrogen-bond donors (Lipinski definition) is 1. The van der Waals surface area contributed by atoms with Gasteiger partial charge in [0.15, 0.2) is 5.60 Å². The van der Waals surface area contributed by atoms with Crippen LogP contribution in [0.1, 0.15) is 24.8 Å². The number of rotatable bonds is 3. The monoisotopic (exact) mass is 260 g/mol. The second-order valence-electron chi connectivity index (χ2n) is 5.26. The molecule has 1 aromatic rings. The van der Waals surface area contributed by atoms with Gasteiger partial charge in [-0.3, -0.25) is 0 Å². The Bertz CT molecular complexity index is 468. The van der Waals surface area contributed by atoms with Crippen molar-refractivity contribution >= 4 is 5.97 Å². The van der Waals surface area contributed by atoms with Gasteiger partial charge in [-0.2, -0.15) is 0 Å². The summed E-state index contributed by atoms with van der Waals surface area (Å²) in [5, 5.41) is 10.7. The molecule has 1 aromatic carbocycles. The lowest BCUT2D eigenvalue weighted by molar-refractivity contribution is -0.165. The molecule has 0 aromatic heterocycles. The van der Waals surface area contributed by atoms with Gasteiger partial charge in [-0.15, -0.1) is 6.58 Å². The molecule has 0 saturated heterocycles. The van der Waals surface area contributed by atoms with Crippen LogP contribution in [0.5, 0.6) is 0 Å². The topological polar surface area (TPSA) is 46.5 Å². The Morgan fingerprint density at radius 2 is 2.11 bits per heavy atom. The lowest BCUT2D eigenvalue weighted by Gasteiger charge is -2.26. The predicted octanol–water partition coefficient (Wildman–Crippen LogP) is 2.52. The van der Waals surface area contributed by atoms with Crippen molar-refractivity contribution in [2.75, 3.05) is 7.11 Å². The van der Waals surface area contributed by atoms with Gasteiger partial charge in [0.25, 0.3) is 0 Å². The van der Waals surface area contributed by atoms with E-state index in [0.29, 0.717) is 6.42 Å². The van der Waals surface area contributed by atoms with Crippen LogP contribution in [0, 0.1) is 11.8 Å². The summed E-state index contributed by atoms with van der Waals surface area (Å²) in [5.74, 6) is -0.579. The highest BCUT2D eigenvalue weighted by atomic mass is 16.5. The van der Waals surface area contributed by atoms with E-state index >= 15 is 0 Å². The smallest absolute Gasteiger partial charge is 0.338 e. The van der Waals surface area contributed by atoms with Crippen LogP contribution in [-0.4, -0.2) is 23.8 Å². The molecule has 3 heteroatoms. The van der Waals surface area contributed by atoms with Gasteiger partial charge in [-0.1, -0.05) is 43.3 Å². The molecular formula is C16H20O3. The van der Waals surface area contributed by atoms with E-state index in [0.717, 1.165) is 5.56 Å². The van der Waals surface area contributed by atoms with Crippen LogP contribution in [0.3, 0.4) is 0 Å². The Kier molecular flexibility index (Phi) is 3.76. The molecule has 0 aliphatic heterocycles. The third-order valence-corrected chi connectivity index (χ3v) is 4.30. The number of methoxy groups -OCH3 is 1. The number of carbonyl (C=O) groups excluding carboxylic acids is 1. The van der Waals surface area contributed by atoms with Crippen LogP contribution in [0.2, 0.25) is 0 Å². The summed E-state index contributed by atoms with van der Waals surface area (Å²) >= 11 is 0. The van der Waals surface area contributed by atoms with Crippen molar-refractivity contribution in [1.29, 1.82) is 0 Å². The molecule has 1 N–H and O–H groups in total. The van der Waals surface area contributed by atoms with Crippen LogP contribution in [0.15, 0.2) is 43.0 Å². The number of ether oxygens (including phenoxy) is 1. The van der Waals surface area contributed by atoms with Crippen molar-refractivity contribution < 1.29 is 14.6 Å². The van der Waals surface area contributed by atoms with Crippen molar-refractivity contribution in [2.45, 2.75) is 24.9 Å². The number of esters is 1. The summed E-state index contributed by atoms with van der Waals surface area (Å²) < 4.78 is 4.77. The van der Waals surface area contributed by atoms with Gasteiger partial charge in [-0.05, 0) is 23.8 Å². The zero-order chi connectivity index (χ0) is 14.0. The molecule has 102 valence electrons. The minimum absolute atomic E-state index is 0.133. The molecule has 0 amide bonds. The first-order valence-electron chi connectivity index (χ1n) is 6.53. The molecule has 1 saturated carbocycles. The third-order valence-electron chi connectivity index (χ3n) is 4.30. The van der Waals surface area contributed by atoms with Crippen LogP contribution in [0.25, 0.3) is 0 Å². The quantitative estimate of drug-likeness (QED) is 0.671. The van der Waals surface area contributed by atoms with Gasteiger partial charge in [0, 0.05) is 5.92 Å². The number of carbonyl (C=O) groups is 1. The summed E-state index contributed by atoms with van der Waals surface area (Å²) in [6.45, 7) is 5.81. The van der Waals surface area contributed by atoms with Crippen molar-refractivity contribution in [2.24, 2.45) is 11.8 Å². The van der Waals surface area contributed by atoms with E-state index in [4.69, 9.17) is 4.74 Å². The molecule has 1 aliphatic rings. The van der Waals surface area contributed by atoms with Crippen LogP contribution < -0.4 is 0 Å². The first-order valence-corrected chi connectivity index (χ1v) is 6.53. The van der Waals surface area contributed by atoms with Gasteiger partial charge >= 0.3 is 5.97 Å². The molecule has 3 nitrogen and oxygen atoms in total. The Hall–Kier alpha value is -1.61. The molecule has 0 heterocycles. The molecule has 1 fully saturated rings. The van der Waals surface area contributed by atoms with E-state index in [1.54, 1.807) is 6.08 Å². The number of aliphatic hydroxyl groups is 1. The van der Waals surface area contributed by atoms with E-state index in [1.165, 1.54) is 7.11 Å². The van der Waals surface area contributed by atoms with Crippen LogP contribution >= 0.6 is 0 Å². The third kappa shape index (κ3) is 2.19. The Morgan fingerprint density at radius 1 is 1.47 bits per heavy atom. The maximum Gasteiger partial charge on any atom is 0.338 e. The summed E-state index contributed by atoms with van der Waals surface area (Å²) in [5.41, 5.74) is -0.321. The molecule has 0 spiro atoms. The fourth-order valence-corrected chi connectivity index (χ4v) is 3.27. The fraction of sp³-hybridized carbons (Fsp3) is 0.438. The van der Waals surface area contributed by atoms with Crippen LogP contribution in [-0.2, 0) is 9.53 Å². The van der Waals surface area contributed by atoms with Gasteiger partial charge in [0.1, 0.15) is 0 Å². The Morgan fingerprint density at radius 3 is 2.63 bits per heavy atom. The zero-order valence-corrected chi connectivity index (χ0v) is 11.4. The second-order valence-corrected chi connectivity index (χ2v) is 5.26. The summed E-state index contributed by atoms with van der Waals surface area (Å²) in [6, 6.07) is 9.97. The molecule has 4 atom stereocenters. The van der Waals surface area contributed by atoms with Gasteiger partial charge in [0.2, 0.25) is 0 Å². The van der Waals surface area contributed by atoms with Crippen molar-refractivity contribution in [1.82, 2.24) is 0 Å². The molecule has 0 radical (unpaired) electrons. The SMILES string of the molecule is C=C[C@@H]1[C@H](C)[C@@H](c2ccccc2)C[C@@]1(O)C(=O)OC. The van der Waals surface area contributed by atoms with Gasteiger partial charge < -0.3 is 9.84 Å². The average Bonchev–Trinajstić information content (AvgIpc) is 2.71. The summed E-state index contributed by atoms with van der Waals surface area (Å²) in [7, 11) is 1.31. The lowest BCUT2D eigenvalue weighted by Crippen LogP contribution is -2.43. The normalized spacial score (nSPS) is 33.9. The molecular weight excluding hydrogens is 240 g/mol. The fourth-order valence-electron chi connectivity index (χ4n) is 3.27. The second kappa shape index (κ2) is 5.17. The minimum Gasteiger partial charge on any atom is -0.467 e. The maximum absolute atomic E-state index is 11.9. The van der Waals surface area contributed by atoms with Crippen molar-refractivity contribution in [3.63, 3.8) is 0 Å². The van der Waals surface area contributed by atoms with Gasteiger partial charge in [-0.25, -0.2) is 4.79 Å². The average molecular weight is 260 g/mol. The number of hydrogen-bond acceptors (Lipinski definition) is 3. The predicted molar refractivity (Wildman–Crippen MR) is 73.6 cm³/mol. The first-order chi connectivity index (χ1) is 9.04. The molecule has 1 aliphatic carbocycles. The molecule has 19 heavy (non-hydrogen) atoms. The maximum atomic E-state index is 11.9. The summed E-state index contributed by atoms with van der Waals surface area (Å²) in [6.07, 6.45) is 2.05. The lowest BCUT2D eigenvalue weighted by atomic mass is 9.84. The molecule has 2 rings (SSSR count). The highest BCUT2D eigenvalue weighted by Gasteiger charge is 2.55. The molecule has 0 bridgehead atoms. The first kappa shape index (κ1) is 13.8. The van der Waals surface area contributed by atoms with E-state index < -0.39 is 11.6 Å². The van der Waals surface area contributed by atoms with E-state index in [1.807, 2.05) is 37.3 Å². The van der Waals surface area contributed by atoms with Crippen molar-refractivity contribution in [3.05, 3.63) is 48.6 Å². The number of benzene rings is 1. The largest absolute Gasteiger partial charge is 0.467 e. The highest BCUT2D eigenvalue weighted by Crippen LogP contribution is 2.50. The summed E-state index contributed by atoms with van der Waals surface area (Å²) in [4.78, 5) is 11.9. The van der Waals surface area contributed by atoms with Crippen molar-refractivity contribution in [3.8, 4) is 0 Å². The Labute approximate surface area is 113 Å². The van der Waals surface area contributed by atoms with Crippen LogP contribution in [0.4, 0.5) is 0 Å². The Balaban J connectivity index is 2.37. The zero-order valence-electron chi connectivity index (χ0n) is 11.4. The minimum atomic E-state index is -1.46. The standard InChI is InChI=1S/C16H20O3/c1-4-14-11(2)13(12-8-6-5-7-9-12)10-16(14,18)15(17)19-3/h4-9,11,13-14,18H,1,10H2,2-3H3/t11-,13+,14-,16+/m1/s1. The van der Waals surface area contributed by atoms with Gasteiger partial charge in [0.05, 0.1) is 7.11 Å².